The first-order chi connectivity index (χ1) is 9.45. The molecular weight excluding hydrogens is 252 g/mol. The van der Waals surface area contributed by atoms with Gasteiger partial charge in [0.1, 0.15) is 0 Å². The van der Waals surface area contributed by atoms with Crippen LogP contribution in [0.2, 0.25) is 0 Å². The standard InChI is InChI=1S/C16H24N2O2/c1-5-18(14-8-6-7-13(4)11-14)16(20)15(19)17-10-9-12(2)3/h6-8,11-12H,5,9-10H2,1-4H3,(H,17,19). The number of nitrogens with zero attached hydrogens (tertiary/aromatic N) is 1. The van der Waals surface area contributed by atoms with E-state index in [0.29, 0.717) is 19.0 Å². The minimum Gasteiger partial charge on any atom is -0.348 e. The van der Waals surface area contributed by atoms with E-state index in [1.165, 1.54) is 4.90 Å². The van der Waals surface area contributed by atoms with E-state index in [0.717, 1.165) is 17.7 Å². The van der Waals surface area contributed by atoms with Crippen LogP contribution in [0.3, 0.4) is 0 Å². The molecule has 1 aromatic rings. The van der Waals surface area contributed by atoms with Crippen molar-refractivity contribution in [2.75, 3.05) is 18.0 Å². The lowest BCUT2D eigenvalue weighted by molar-refractivity contribution is -0.137. The smallest absolute Gasteiger partial charge is 0.316 e. The van der Waals surface area contributed by atoms with E-state index >= 15 is 0 Å². The number of rotatable bonds is 5. The second-order valence-electron chi connectivity index (χ2n) is 5.33. The fourth-order valence-electron chi connectivity index (χ4n) is 1.91. The third-order valence-corrected chi connectivity index (χ3v) is 3.08. The van der Waals surface area contributed by atoms with Gasteiger partial charge in [-0.3, -0.25) is 9.59 Å². The molecule has 4 heteroatoms. The molecule has 1 rings (SSSR count). The van der Waals surface area contributed by atoms with Gasteiger partial charge in [0.15, 0.2) is 0 Å². The van der Waals surface area contributed by atoms with Gasteiger partial charge in [-0.05, 0) is 43.9 Å². The molecule has 0 radical (unpaired) electrons. The molecule has 0 saturated heterocycles. The van der Waals surface area contributed by atoms with Gasteiger partial charge >= 0.3 is 11.8 Å². The number of likely N-dealkylation sites (N-methyl/N-ethyl adjacent to an activating group) is 1. The largest absolute Gasteiger partial charge is 0.348 e. The molecule has 1 N–H and O–H groups in total. The molecule has 0 aliphatic rings. The van der Waals surface area contributed by atoms with E-state index < -0.39 is 11.8 Å². The van der Waals surface area contributed by atoms with Gasteiger partial charge in [-0.15, -0.1) is 0 Å². The highest BCUT2D eigenvalue weighted by Gasteiger charge is 2.21. The summed E-state index contributed by atoms with van der Waals surface area (Å²) in [6.07, 6.45) is 0.871. The van der Waals surface area contributed by atoms with Crippen molar-refractivity contribution in [1.82, 2.24) is 5.32 Å². The van der Waals surface area contributed by atoms with Crippen LogP contribution in [-0.4, -0.2) is 24.9 Å². The van der Waals surface area contributed by atoms with Crippen LogP contribution in [-0.2, 0) is 9.59 Å². The van der Waals surface area contributed by atoms with Gasteiger partial charge in [-0.2, -0.15) is 0 Å². The second kappa shape index (κ2) is 7.68. The first-order valence-corrected chi connectivity index (χ1v) is 7.12. The molecular formula is C16H24N2O2. The zero-order valence-corrected chi connectivity index (χ0v) is 12.8. The number of anilines is 1. The van der Waals surface area contributed by atoms with Crippen LogP contribution in [0, 0.1) is 12.8 Å². The van der Waals surface area contributed by atoms with Crippen molar-refractivity contribution < 1.29 is 9.59 Å². The SMILES string of the molecule is CCN(C(=O)C(=O)NCCC(C)C)c1cccc(C)c1. The van der Waals surface area contributed by atoms with E-state index in [9.17, 15) is 9.59 Å². The number of hydrogen-bond acceptors (Lipinski definition) is 2. The van der Waals surface area contributed by atoms with Crippen molar-refractivity contribution in [2.45, 2.75) is 34.1 Å². The topological polar surface area (TPSA) is 49.4 Å². The van der Waals surface area contributed by atoms with Crippen molar-refractivity contribution in [1.29, 1.82) is 0 Å². The van der Waals surface area contributed by atoms with Gasteiger partial charge < -0.3 is 10.2 Å². The molecule has 0 spiro atoms. The molecule has 0 unspecified atom stereocenters. The Bertz CT molecular complexity index is 469. The molecule has 2 amide bonds. The number of benzene rings is 1. The molecule has 0 aromatic heterocycles. The van der Waals surface area contributed by atoms with Crippen molar-refractivity contribution in [3.63, 3.8) is 0 Å². The monoisotopic (exact) mass is 276 g/mol. The quantitative estimate of drug-likeness (QED) is 0.840. The minimum absolute atomic E-state index is 0.472. The normalized spacial score (nSPS) is 10.4. The first kappa shape index (κ1) is 16.2. The van der Waals surface area contributed by atoms with E-state index in [4.69, 9.17) is 0 Å². The van der Waals surface area contributed by atoms with Crippen molar-refractivity contribution in [2.24, 2.45) is 5.92 Å². The second-order valence-corrected chi connectivity index (χ2v) is 5.33. The summed E-state index contributed by atoms with van der Waals surface area (Å²) in [5.74, 6) is -0.527. The highest BCUT2D eigenvalue weighted by atomic mass is 16.2. The molecule has 20 heavy (non-hydrogen) atoms. The molecule has 110 valence electrons. The third kappa shape index (κ3) is 4.68. The van der Waals surface area contributed by atoms with Crippen LogP contribution in [0.15, 0.2) is 24.3 Å². The van der Waals surface area contributed by atoms with Crippen LogP contribution < -0.4 is 10.2 Å². The highest BCUT2D eigenvalue weighted by molar-refractivity contribution is 6.40. The predicted octanol–water partition coefficient (Wildman–Crippen LogP) is 2.51. The third-order valence-electron chi connectivity index (χ3n) is 3.08. The molecule has 1 aromatic carbocycles. The van der Waals surface area contributed by atoms with E-state index in [2.05, 4.69) is 19.2 Å². The summed E-state index contributed by atoms with van der Waals surface area (Å²) < 4.78 is 0. The van der Waals surface area contributed by atoms with Crippen LogP contribution in [0.1, 0.15) is 32.8 Å². The van der Waals surface area contributed by atoms with Gasteiger partial charge in [-0.25, -0.2) is 0 Å². The molecule has 0 fully saturated rings. The average molecular weight is 276 g/mol. The van der Waals surface area contributed by atoms with Crippen LogP contribution >= 0.6 is 0 Å². The van der Waals surface area contributed by atoms with Crippen LogP contribution in [0.5, 0.6) is 0 Å². The lowest BCUT2D eigenvalue weighted by Crippen LogP contribution is -2.43. The van der Waals surface area contributed by atoms with Gasteiger partial charge in [0.2, 0.25) is 0 Å². The molecule has 0 aliphatic carbocycles. The zero-order chi connectivity index (χ0) is 15.1. The van der Waals surface area contributed by atoms with Crippen molar-refractivity contribution in [3.05, 3.63) is 29.8 Å². The minimum atomic E-state index is -0.533. The maximum atomic E-state index is 12.2. The highest BCUT2D eigenvalue weighted by Crippen LogP contribution is 2.15. The number of carbonyl (C=O) groups excluding carboxylic acids is 2. The number of carbonyl (C=O) groups is 2. The number of hydrogen-bond donors (Lipinski definition) is 1. The Morgan fingerprint density at radius 1 is 1.30 bits per heavy atom. The Hall–Kier alpha value is -1.84. The van der Waals surface area contributed by atoms with Crippen molar-refractivity contribution >= 4 is 17.5 Å². The van der Waals surface area contributed by atoms with E-state index in [1.54, 1.807) is 0 Å². The van der Waals surface area contributed by atoms with Gasteiger partial charge in [-0.1, -0.05) is 26.0 Å². The first-order valence-electron chi connectivity index (χ1n) is 7.12. The molecule has 0 bridgehead atoms. The molecule has 0 saturated carbocycles. The Morgan fingerprint density at radius 3 is 2.55 bits per heavy atom. The lowest BCUT2D eigenvalue weighted by atomic mass is 10.1. The van der Waals surface area contributed by atoms with Crippen LogP contribution in [0.4, 0.5) is 5.69 Å². The fourth-order valence-corrected chi connectivity index (χ4v) is 1.91. The average Bonchev–Trinajstić information content (AvgIpc) is 2.39. The summed E-state index contributed by atoms with van der Waals surface area (Å²) in [6, 6.07) is 7.60. The summed E-state index contributed by atoms with van der Waals surface area (Å²) >= 11 is 0. The Labute approximate surface area is 121 Å². The summed E-state index contributed by atoms with van der Waals surface area (Å²) in [4.78, 5) is 25.6. The van der Waals surface area contributed by atoms with Crippen LogP contribution in [0.25, 0.3) is 0 Å². The van der Waals surface area contributed by atoms with E-state index in [1.807, 2.05) is 38.1 Å². The van der Waals surface area contributed by atoms with Crippen molar-refractivity contribution in [3.8, 4) is 0 Å². The predicted molar refractivity (Wildman–Crippen MR) is 81.7 cm³/mol. The maximum absolute atomic E-state index is 12.2. The molecule has 0 aliphatic heterocycles. The zero-order valence-electron chi connectivity index (χ0n) is 12.8. The van der Waals surface area contributed by atoms with Gasteiger partial charge in [0, 0.05) is 18.8 Å². The summed E-state index contributed by atoms with van der Waals surface area (Å²) in [5.41, 5.74) is 1.82. The Balaban J connectivity index is 2.69. The maximum Gasteiger partial charge on any atom is 0.316 e. The summed E-state index contributed by atoms with van der Waals surface area (Å²) in [7, 11) is 0. The molecule has 4 nitrogen and oxygen atoms in total. The fraction of sp³-hybridized carbons (Fsp3) is 0.500. The molecule has 0 heterocycles. The number of nitrogens with one attached hydrogen (secondary N) is 1. The number of aryl methyl sites for hydroxylation is 1. The Morgan fingerprint density at radius 2 is 2.00 bits per heavy atom. The number of amides is 2. The lowest BCUT2D eigenvalue weighted by Gasteiger charge is -2.21. The molecule has 0 atom stereocenters. The van der Waals surface area contributed by atoms with Gasteiger partial charge in [0.25, 0.3) is 0 Å². The summed E-state index contributed by atoms with van der Waals surface area (Å²) in [6.45, 7) is 9.00. The Kier molecular flexibility index (Phi) is 6.22. The van der Waals surface area contributed by atoms with Gasteiger partial charge in [0.05, 0.1) is 0 Å². The van der Waals surface area contributed by atoms with E-state index in [-0.39, 0.29) is 0 Å². The summed E-state index contributed by atoms with van der Waals surface area (Å²) in [5, 5.41) is 2.68.